The zero-order valence-corrected chi connectivity index (χ0v) is 12.6. The van der Waals surface area contributed by atoms with Gasteiger partial charge in [0.05, 0.1) is 0 Å². The van der Waals surface area contributed by atoms with Crippen LogP contribution in [0.5, 0.6) is 0 Å². The molecule has 0 saturated carbocycles. The summed E-state index contributed by atoms with van der Waals surface area (Å²) in [5.74, 6) is -0.831. The zero-order chi connectivity index (χ0) is 15.2. The Bertz CT molecular complexity index is 348. The van der Waals surface area contributed by atoms with Gasteiger partial charge in [-0.1, -0.05) is 20.8 Å². The van der Waals surface area contributed by atoms with Gasteiger partial charge in [0.1, 0.15) is 12.1 Å². The van der Waals surface area contributed by atoms with Crippen molar-refractivity contribution in [2.75, 3.05) is 6.54 Å². The Morgan fingerprint density at radius 3 is 1.84 bits per heavy atom. The van der Waals surface area contributed by atoms with Gasteiger partial charge < -0.3 is 16.0 Å². The Morgan fingerprint density at radius 1 is 0.947 bits per heavy atom. The fourth-order valence-electron chi connectivity index (χ4n) is 1.21. The Hall–Kier alpha value is -1.59. The maximum absolute atomic E-state index is 11.8. The van der Waals surface area contributed by atoms with Crippen molar-refractivity contribution in [2.45, 2.75) is 53.6 Å². The van der Waals surface area contributed by atoms with Crippen LogP contribution in [0, 0.1) is 5.41 Å². The van der Waals surface area contributed by atoms with Crippen LogP contribution in [-0.2, 0) is 14.4 Å². The number of carbonyl (C=O) groups excluding carboxylic acids is 3. The van der Waals surface area contributed by atoms with Gasteiger partial charge in [-0.3, -0.25) is 14.4 Å². The first-order chi connectivity index (χ1) is 8.59. The quantitative estimate of drug-likeness (QED) is 0.666. The van der Waals surface area contributed by atoms with E-state index in [1.165, 1.54) is 0 Å². The highest BCUT2D eigenvalue weighted by Gasteiger charge is 2.26. The molecule has 0 aliphatic rings. The first kappa shape index (κ1) is 17.4. The zero-order valence-electron chi connectivity index (χ0n) is 12.6. The van der Waals surface area contributed by atoms with E-state index in [1.807, 2.05) is 0 Å². The number of carbonyl (C=O) groups is 3. The highest BCUT2D eigenvalue weighted by molar-refractivity contribution is 5.92. The van der Waals surface area contributed by atoms with Crippen LogP contribution in [0.1, 0.15) is 41.5 Å². The van der Waals surface area contributed by atoms with Crippen LogP contribution in [0.15, 0.2) is 0 Å². The first-order valence-electron chi connectivity index (χ1n) is 6.48. The van der Waals surface area contributed by atoms with E-state index in [0.717, 1.165) is 0 Å². The fourth-order valence-corrected chi connectivity index (χ4v) is 1.21. The Kier molecular flexibility index (Phi) is 6.52. The van der Waals surface area contributed by atoms with Crippen LogP contribution in [0.3, 0.4) is 0 Å². The molecule has 0 aromatic rings. The molecule has 0 saturated heterocycles. The maximum Gasteiger partial charge on any atom is 0.242 e. The molecule has 2 atom stereocenters. The summed E-state index contributed by atoms with van der Waals surface area (Å²) in [4.78, 5) is 35.0. The van der Waals surface area contributed by atoms with Gasteiger partial charge in [-0.15, -0.1) is 0 Å². The summed E-state index contributed by atoms with van der Waals surface area (Å²) in [5.41, 5.74) is -0.556. The van der Waals surface area contributed by atoms with Crippen molar-refractivity contribution in [3.05, 3.63) is 0 Å². The summed E-state index contributed by atoms with van der Waals surface area (Å²) in [6.45, 7) is 10.8. The lowest BCUT2D eigenvalue weighted by Crippen LogP contribution is -2.53. The standard InChI is InChI=1S/C13H25N3O3/c1-7-14-10(17)8(2)15-11(18)9(3)16-12(19)13(4,5)6/h8-9H,7H2,1-6H3,(H,14,17)(H,15,18)(H,16,19)/t8-,9-/m0/s1. The highest BCUT2D eigenvalue weighted by Crippen LogP contribution is 2.12. The Labute approximate surface area is 114 Å². The Morgan fingerprint density at radius 2 is 1.42 bits per heavy atom. The molecule has 110 valence electrons. The van der Waals surface area contributed by atoms with E-state index in [4.69, 9.17) is 0 Å². The monoisotopic (exact) mass is 271 g/mol. The molecule has 3 amide bonds. The van der Waals surface area contributed by atoms with Gasteiger partial charge in [-0.25, -0.2) is 0 Å². The molecule has 6 heteroatoms. The molecule has 0 spiro atoms. The molecule has 0 aliphatic carbocycles. The van der Waals surface area contributed by atoms with Crippen LogP contribution >= 0.6 is 0 Å². The van der Waals surface area contributed by atoms with Gasteiger partial charge in [0.15, 0.2) is 0 Å². The van der Waals surface area contributed by atoms with Gasteiger partial charge in [-0.2, -0.15) is 0 Å². The van der Waals surface area contributed by atoms with E-state index in [1.54, 1.807) is 41.5 Å². The fraction of sp³-hybridized carbons (Fsp3) is 0.769. The Balaban J connectivity index is 4.36. The average Bonchev–Trinajstić information content (AvgIpc) is 2.27. The molecule has 0 heterocycles. The lowest BCUT2D eigenvalue weighted by atomic mass is 9.95. The van der Waals surface area contributed by atoms with Crippen molar-refractivity contribution in [2.24, 2.45) is 5.41 Å². The van der Waals surface area contributed by atoms with Crippen LogP contribution in [0.4, 0.5) is 0 Å². The summed E-state index contributed by atoms with van der Waals surface area (Å²) >= 11 is 0. The number of hydrogen-bond acceptors (Lipinski definition) is 3. The predicted octanol–water partition coefficient (Wildman–Crippen LogP) is 0.178. The van der Waals surface area contributed by atoms with Gasteiger partial charge in [0.2, 0.25) is 17.7 Å². The predicted molar refractivity (Wildman–Crippen MR) is 73.3 cm³/mol. The average molecular weight is 271 g/mol. The first-order valence-corrected chi connectivity index (χ1v) is 6.48. The molecule has 0 fully saturated rings. The van der Waals surface area contributed by atoms with E-state index in [-0.39, 0.29) is 17.7 Å². The maximum atomic E-state index is 11.8. The van der Waals surface area contributed by atoms with Gasteiger partial charge in [0.25, 0.3) is 0 Å². The molecule has 0 unspecified atom stereocenters. The van der Waals surface area contributed by atoms with Crippen LogP contribution in [0.25, 0.3) is 0 Å². The van der Waals surface area contributed by atoms with Crippen molar-refractivity contribution in [3.63, 3.8) is 0 Å². The van der Waals surface area contributed by atoms with E-state index < -0.39 is 17.5 Å². The second kappa shape index (κ2) is 7.11. The largest absolute Gasteiger partial charge is 0.355 e. The third kappa shape index (κ3) is 6.22. The van der Waals surface area contributed by atoms with Gasteiger partial charge in [0, 0.05) is 12.0 Å². The van der Waals surface area contributed by atoms with Crippen molar-refractivity contribution in [1.82, 2.24) is 16.0 Å². The second-order valence-electron chi connectivity index (χ2n) is 5.57. The van der Waals surface area contributed by atoms with E-state index in [0.29, 0.717) is 6.54 Å². The van der Waals surface area contributed by atoms with Crippen LogP contribution in [0.2, 0.25) is 0 Å². The molecule has 3 N–H and O–H groups in total. The highest BCUT2D eigenvalue weighted by atomic mass is 16.2. The molecule has 0 radical (unpaired) electrons. The van der Waals surface area contributed by atoms with Gasteiger partial charge in [-0.05, 0) is 20.8 Å². The third-order valence-corrected chi connectivity index (χ3v) is 2.53. The molecular formula is C13H25N3O3. The molecule has 0 aromatic carbocycles. The van der Waals surface area contributed by atoms with Crippen LogP contribution in [-0.4, -0.2) is 36.3 Å². The minimum atomic E-state index is -0.677. The van der Waals surface area contributed by atoms with E-state index in [2.05, 4.69) is 16.0 Å². The summed E-state index contributed by atoms with van der Waals surface area (Å²) in [7, 11) is 0. The molecule has 0 bridgehead atoms. The number of likely N-dealkylation sites (N-methyl/N-ethyl adjacent to an activating group) is 1. The lowest BCUT2D eigenvalue weighted by molar-refractivity contribution is -0.134. The number of nitrogens with one attached hydrogen (secondary N) is 3. The molecule has 0 rings (SSSR count). The van der Waals surface area contributed by atoms with Gasteiger partial charge >= 0.3 is 0 Å². The van der Waals surface area contributed by atoms with Crippen molar-refractivity contribution in [3.8, 4) is 0 Å². The van der Waals surface area contributed by atoms with E-state index >= 15 is 0 Å². The minimum absolute atomic E-state index is 0.208. The normalized spacial score (nSPS) is 14.2. The summed E-state index contributed by atoms with van der Waals surface area (Å²) in [5, 5.41) is 7.78. The molecule has 0 aromatic heterocycles. The third-order valence-electron chi connectivity index (χ3n) is 2.53. The summed E-state index contributed by atoms with van der Waals surface area (Å²) in [6.07, 6.45) is 0. The van der Waals surface area contributed by atoms with Crippen molar-refractivity contribution in [1.29, 1.82) is 0 Å². The second-order valence-corrected chi connectivity index (χ2v) is 5.57. The molecular weight excluding hydrogens is 246 g/mol. The molecule has 19 heavy (non-hydrogen) atoms. The van der Waals surface area contributed by atoms with Crippen LogP contribution < -0.4 is 16.0 Å². The summed E-state index contributed by atoms with van der Waals surface area (Å²) < 4.78 is 0. The smallest absolute Gasteiger partial charge is 0.242 e. The molecule has 6 nitrogen and oxygen atoms in total. The molecule has 0 aliphatic heterocycles. The topological polar surface area (TPSA) is 87.3 Å². The van der Waals surface area contributed by atoms with E-state index in [9.17, 15) is 14.4 Å². The van der Waals surface area contributed by atoms with Crippen molar-refractivity contribution < 1.29 is 14.4 Å². The lowest BCUT2D eigenvalue weighted by Gasteiger charge is -2.22. The minimum Gasteiger partial charge on any atom is -0.355 e. The number of rotatable bonds is 5. The number of amides is 3. The SMILES string of the molecule is CCNC(=O)[C@H](C)NC(=O)[C@H](C)NC(=O)C(C)(C)C. The number of hydrogen-bond donors (Lipinski definition) is 3. The van der Waals surface area contributed by atoms with Crippen molar-refractivity contribution >= 4 is 17.7 Å². The summed E-state index contributed by atoms with van der Waals surface area (Å²) in [6, 6.07) is -1.30.